The molecule has 136 valence electrons. The number of aliphatic hydroxyl groups excluding tert-OH is 1. The number of halogens is 1. The zero-order valence-corrected chi connectivity index (χ0v) is 14.7. The van der Waals surface area contributed by atoms with Gasteiger partial charge in [0.05, 0.1) is 25.3 Å². The average molecular weight is 348 g/mol. The number of amides is 1. The number of aliphatic hydroxyl groups is 1. The van der Waals surface area contributed by atoms with Gasteiger partial charge >= 0.3 is 0 Å². The van der Waals surface area contributed by atoms with E-state index < -0.39 is 0 Å². The first-order valence-corrected chi connectivity index (χ1v) is 8.37. The van der Waals surface area contributed by atoms with Crippen molar-refractivity contribution in [2.75, 3.05) is 19.7 Å². The first-order valence-electron chi connectivity index (χ1n) is 8.37. The van der Waals surface area contributed by atoms with Crippen LogP contribution in [0.25, 0.3) is 0 Å². The highest BCUT2D eigenvalue weighted by atomic mass is 19.1. The molecule has 25 heavy (non-hydrogen) atoms. The van der Waals surface area contributed by atoms with Crippen LogP contribution < -0.4 is 10.6 Å². The van der Waals surface area contributed by atoms with E-state index in [1.54, 1.807) is 16.8 Å². The van der Waals surface area contributed by atoms with Gasteiger partial charge in [-0.1, -0.05) is 12.1 Å². The molecule has 0 saturated heterocycles. The molecular weight excluding hydrogens is 323 g/mol. The Morgan fingerprint density at radius 1 is 1.32 bits per heavy atom. The lowest BCUT2D eigenvalue weighted by Crippen LogP contribution is -2.32. The summed E-state index contributed by atoms with van der Waals surface area (Å²) in [5.41, 5.74) is 3.75. The molecule has 0 aliphatic heterocycles. The third kappa shape index (κ3) is 5.65. The molecule has 2 rings (SSSR count). The molecule has 3 N–H and O–H groups in total. The third-order valence-corrected chi connectivity index (χ3v) is 4.02. The summed E-state index contributed by atoms with van der Waals surface area (Å²) in [6.07, 6.45) is 0.171. The van der Waals surface area contributed by atoms with Crippen molar-refractivity contribution < 1.29 is 14.3 Å². The SMILES string of the molecule is Cc1nn(CCO)c(C)c1CNCCNC(=O)Cc1cccc(F)c1. The Morgan fingerprint density at radius 2 is 2.12 bits per heavy atom. The van der Waals surface area contributed by atoms with Crippen LogP contribution in [0.2, 0.25) is 0 Å². The van der Waals surface area contributed by atoms with Crippen LogP contribution >= 0.6 is 0 Å². The van der Waals surface area contributed by atoms with Gasteiger partial charge in [0, 0.05) is 30.9 Å². The van der Waals surface area contributed by atoms with E-state index in [4.69, 9.17) is 5.11 Å². The van der Waals surface area contributed by atoms with Crippen LogP contribution in [-0.2, 0) is 24.3 Å². The maximum atomic E-state index is 13.1. The summed E-state index contributed by atoms with van der Waals surface area (Å²) in [5, 5.41) is 19.5. The number of hydrogen-bond donors (Lipinski definition) is 3. The number of rotatable bonds is 9. The van der Waals surface area contributed by atoms with Crippen molar-refractivity contribution >= 4 is 5.91 Å². The predicted molar refractivity (Wildman–Crippen MR) is 93.6 cm³/mol. The molecule has 7 heteroatoms. The highest BCUT2D eigenvalue weighted by Crippen LogP contribution is 2.12. The smallest absolute Gasteiger partial charge is 0.224 e. The molecule has 0 saturated carbocycles. The number of carbonyl (C=O) groups is 1. The molecule has 6 nitrogen and oxygen atoms in total. The van der Waals surface area contributed by atoms with Gasteiger partial charge in [-0.2, -0.15) is 5.10 Å². The van der Waals surface area contributed by atoms with Gasteiger partial charge in [0.25, 0.3) is 0 Å². The molecule has 0 unspecified atom stereocenters. The third-order valence-electron chi connectivity index (χ3n) is 4.02. The van der Waals surface area contributed by atoms with E-state index in [0.29, 0.717) is 31.7 Å². The zero-order valence-electron chi connectivity index (χ0n) is 14.7. The molecule has 0 aliphatic carbocycles. The molecule has 0 aliphatic rings. The molecular formula is C18H25FN4O2. The second kappa shape index (κ2) is 9.29. The number of benzene rings is 1. The van der Waals surface area contributed by atoms with Crippen LogP contribution in [-0.4, -0.2) is 40.5 Å². The molecule has 0 spiro atoms. The Hall–Kier alpha value is -2.25. The molecule has 1 aromatic carbocycles. The van der Waals surface area contributed by atoms with Crippen LogP contribution in [0.15, 0.2) is 24.3 Å². The van der Waals surface area contributed by atoms with Gasteiger partial charge in [0.1, 0.15) is 5.82 Å². The largest absolute Gasteiger partial charge is 0.394 e. The fourth-order valence-corrected chi connectivity index (χ4v) is 2.70. The monoisotopic (exact) mass is 348 g/mol. The van der Waals surface area contributed by atoms with Gasteiger partial charge in [-0.05, 0) is 31.5 Å². The predicted octanol–water partition coefficient (Wildman–Crippen LogP) is 1.08. The second-order valence-corrected chi connectivity index (χ2v) is 5.93. The van der Waals surface area contributed by atoms with E-state index in [-0.39, 0.29) is 24.8 Å². The normalized spacial score (nSPS) is 10.9. The number of nitrogens with one attached hydrogen (secondary N) is 2. The van der Waals surface area contributed by atoms with Gasteiger partial charge in [0.2, 0.25) is 5.91 Å². The Kier molecular flexibility index (Phi) is 7.09. The van der Waals surface area contributed by atoms with Crippen LogP contribution in [0.5, 0.6) is 0 Å². The van der Waals surface area contributed by atoms with Gasteiger partial charge in [0.15, 0.2) is 0 Å². The van der Waals surface area contributed by atoms with Gasteiger partial charge in [-0.25, -0.2) is 4.39 Å². The second-order valence-electron chi connectivity index (χ2n) is 5.93. The summed E-state index contributed by atoms with van der Waals surface area (Å²) in [6, 6.07) is 6.06. The van der Waals surface area contributed by atoms with E-state index in [2.05, 4.69) is 15.7 Å². The van der Waals surface area contributed by atoms with E-state index in [1.165, 1.54) is 12.1 Å². The Morgan fingerprint density at radius 3 is 2.84 bits per heavy atom. The average Bonchev–Trinajstić information content (AvgIpc) is 2.82. The van der Waals surface area contributed by atoms with Crippen molar-refractivity contribution in [1.82, 2.24) is 20.4 Å². The van der Waals surface area contributed by atoms with Crippen molar-refractivity contribution in [3.8, 4) is 0 Å². The summed E-state index contributed by atoms with van der Waals surface area (Å²) in [6.45, 7) is 6.25. The van der Waals surface area contributed by atoms with Crippen LogP contribution in [0.1, 0.15) is 22.5 Å². The number of hydrogen-bond acceptors (Lipinski definition) is 4. The quantitative estimate of drug-likeness (QED) is 0.593. The number of nitrogens with zero attached hydrogens (tertiary/aromatic N) is 2. The van der Waals surface area contributed by atoms with Crippen molar-refractivity contribution in [1.29, 1.82) is 0 Å². The van der Waals surface area contributed by atoms with E-state index in [9.17, 15) is 9.18 Å². The molecule has 1 heterocycles. The fourth-order valence-electron chi connectivity index (χ4n) is 2.70. The number of aryl methyl sites for hydroxylation is 1. The van der Waals surface area contributed by atoms with Crippen LogP contribution in [0.3, 0.4) is 0 Å². The van der Waals surface area contributed by atoms with E-state index in [0.717, 1.165) is 17.0 Å². The Bertz CT molecular complexity index is 715. The molecule has 0 bridgehead atoms. The molecule has 1 aromatic heterocycles. The van der Waals surface area contributed by atoms with Crippen LogP contribution in [0.4, 0.5) is 4.39 Å². The van der Waals surface area contributed by atoms with Gasteiger partial charge in [-0.15, -0.1) is 0 Å². The van der Waals surface area contributed by atoms with Crippen molar-refractivity contribution in [3.63, 3.8) is 0 Å². The minimum absolute atomic E-state index is 0.0617. The summed E-state index contributed by atoms with van der Waals surface area (Å²) < 4.78 is 14.9. The van der Waals surface area contributed by atoms with E-state index >= 15 is 0 Å². The van der Waals surface area contributed by atoms with Crippen molar-refractivity contribution in [2.45, 2.75) is 33.4 Å². The van der Waals surface area contributed by atoms with Gasteiger partial charge in [-0.3, -0.25) is 9.48 Å². The minimum atomic E-state index is -0.334. The lowest BCUT2D eigenvalue weighted by molar-refractivity contribution is -0.120. The summed E-state index contributed by atoms with van der Waals surface area (Å²) in [7, 11) is 0. The zero-order chi connectivity index (χ0) is 18.2. The molecule has 1 amide bonds. The standard InChI is InChI=1S/C18H25FN4O2/c1-13-17(14(2)23(22-13)8-9-24)12-20-6-7-21-18(25)11-15-4-3-5-16(19)10-15/h3-5,10,20,24H,6-9,11-12H2,1-2H3,(H,21,25). The molecule has 0 fully saturated rings. The van der Waals surface area contributed by atoms with E-state index in [1.807, 2.05) is 13.8 Å². The maximum absolute atomic E-state index is 13.1. The van der Waals surface area contributed by atoms with Crippen LogP contribution in [0, 0.1) is 19.7 Å². The summed E-state index contributed by atoms with van der Waals surface area (Å²) >= 11 is 0. The lowest BCUT2D eigenvalue weighted by atomic mass is 10.1. The van der Waals surface area contributed by atoms with Crippen molar-refractivity contribution in [3.05, 3.63) is 52.6 Å². The topological polar surface area (TPSA) is 79.2 Å². The Balaban J connectivity index is 1.70. The number of carbonyl (C=O) groups excluding carboxylic acids is 1. The lowest BCUT2D eigenvalue weighted by Gasteiger charge is -2.08. The molecule has 2 aromatic rings. The number of aromatic nitrogens is 2. The molecule has 0 atom stereocenters. The maximum Gasteiger partial charge on any atom is 0.224 e. The fraction of sp³-hybridized carbons (Fsp3) is 0.444. The molecule has 0 radical (unpaired) electrons. The highest BCUT2D eigenvalue weighted by molar-refractivity contribution is 5.78. The summed E-state index contributed by atoms with van der Waals surface area (Å²) in [4.78, 5) is 11.8. The minimum Gasteiger partial charge on any atom is -0.394 e. The highest BCUT2D eigenvalue weighted by Gasteiger charge is 2.10. The summed E-state index contributed by atoms with van der Waals surface area (Å²) in [5.74, 6) is -0.463. The first kappa shape index (κ1) is 19.1. The Labute approximate surface area is 147 Å². The van der Waals surface area contributed by atoms with Gasteiger partial charge < -0.3 is 15.7 Å². The van der Waals surface area contributed by atoms with Crippen molar-refractivity contribution in [2.24, 2.45) is 0 Å². The first-order chi connectivity index (χ1) is 12.0.